The van der Waals surface area contributed by atoms with E-state index in [2.05, 4.69) is 0 Å². The second-order valence-electron chi connectivity index (χ2n) is 0.258. The SMILES string of the molecule is O.O.[Cl][Au-]([Cl])([Cl])[Cl].[Li+]. The van der Waals surface area contributed by atoms with E-state index < -0.39 is 12.8 Å². The van der Waals surface area contributed by atoms with Gasteiger partial charge in [0.25, 0.3) is 0 Å². The molecule has 8 heteroatoms. The molecule has 0 saturated carbocycles. The fraction of sp³-hybridized carbons (Fsp3) is 0. The molecular formula is H4AuCl4LiO2. The van der Waals surface area contributed by atoms with Crippen molar-refractivity contribution < 1.29 is 42.6 Å². The molecule has 0 radical (unpaired) electrons. The number of hydrogen-bond donors (Lipinski definition) is 0. The summed E-state index contributed by atoms with van der Waals surface area (Å²) in [6, 6.07) is 0. The van der Waals surface area contributed by atoms with Crippen LogP contribution in [-0.2, 0) is 12.8 Å². The van der Waals surface area contributed by atoms with Gasteiger partial charge in [-0.3, -0.25) is 0 Å². The van der Waals surface area contributed by atoms with Gasteiger partial charge in [0.05, 0.1) is 0 Å². The smallest absolute Gasteiger partial charge is 1.00 e. The second kappa shape index (κ2) is 9.42. The molecule has 0 aromatic rings. The molecule has 0 aromatic heterocycles. The molecule has 8 heavy (non-hydrogen) atoms. The Morgan fingerprint density at radius 1 is 0.750 bits per heavy atom. The Kier molecular flexibility index (Phi) is 26.4. The molecule has 0 spiro atoms. The standard InChI is InChI=1S/Au.4ClH.Li.2H2O/h;4*1H;;2*1H2/q+3;;;;;+1;;/p-4. The van der Waals surface area contributed by atoms with E-state index in [1.807, 2.05) is 0 Å². The maximum Gasteiger partial charge on any atom is 1.00 e. The van der Waals surface area contributed by atoms with Gasteiger partial charge in [0.2, 0.25) is 0 Å². The summed E-state index contributed by atoms with van der Waals surface area (Å²) in [4.78, 5) is 0. The van der Waals surface area contributed by atoms with Gasteiger partial charge in [0, 0.05) is 0 Å². The van der Waals surface area contributed by atoms with E-state index in [4.69, 9.17) is 36.8 Å². The zero-order valence-electron chi connectivity index (χ0n) is 3.81. The third-order valence-corrected chi connectivity index (χ3v) is 0. The first-order chi connectivity index (χ1) is 2.00. The van der Waals surface area contributed by atoms with Crippen molar-refractivity contribution >= 4 is 36.8 Å². The van der Waals surface area contributed by atoms with Crippen molar-refractivity contribution in [3.05, 3.63) is 0 Å². The summed E-state index contributed by atoms with van der Waals surface area (Å²) in [5.41, 5.74) is 0. The molecule has 0 atom stereocenters. The maximum absolute atomic E-state index is 5.00. The van der Waals surface area contributed by atoms with Crippen LogP contribution in [0.2, 0.25) is 0 Å². The Morgan fingerprint density at radius 2 is 0.750 bits per heavy atom. The first-order valence-corrected chi connectivity index (χ1v) is 11.2. The van der Waals surface area contributed by atoms with E-state index in [0.717, 1.165) is 0 Å². The average Bonchev–Trinajstić information content (AvgIpc) is 0.722. The van der Waals surface area contributed by atoms with Gasteiger partial charge >= 0.3 is 68.4 Å². The quantitative estimate of drug-likeness (QED) is 0.441. The van der Waals surface area contributed by atoms with E-state index in [0.29, 0.717) is 0 Å². The third kappa shape index (κ3) is 79.2. The van der Waals surface area contributed by atoms with Crippen LogP contribution in [0.1, 0.15) is 0 Å². The Bertz CT molecular complexity index is 29.5. The first-order valence-electron chi connectivity index (χ1n) is 0.456. The molecule has 0 aliphatic carbocycles. The van der Waals surface area contributed by atoms with Gasteiger partial charge in [-0.15, -0.1) is 0 Å². The summed E-state index contributed by atoms with van der Waals surface area (Å²) in [7, 11) is 20.0. The Hall–Kier alpha value is 2.42. The van der Waals surface area contributed by atoms with Crippen molar-refractivity contribution in [3.63, 3.8) is 0 Å². The minimum absolute atomic E-state index is 0. The van der Waals surface area contributed by atoms with Gasteiger partial charge in [0.1, 0.15) is 0 Å². The van der Waals surface area contributed by atoms with Crippen molar-refractivity contribution in [2.45, 2.75) is 0 Å². The molecule has 0 unspecified atom stereocenters. The molecule has 56 valence electrons. The predicted octanol–water partition coefficient (Wildman–Crippen LogP) is -1.89. The Morgan fingerprint density at radius 3 is 0.750 bits per heavy atom. The van der Waals surface area contributed by atoms with Gasteiger partial charge < -0.3 is 11.0 Å². The molecule has 0 aliphatic heterocycles. The van der Waals surface area contributed by atoms with Gasteiger partial charge in [-0.05, 0) is 0 Å². The van der Waals surface area contributed by atoms with Crippen molar-refractivity contribution in [2.75, 3.05) is 0 Å². The van der Waals surface area contributed by atoms with Crippen LogP contribution in [0.25, 0.3) is 0 Å². The monoisotopic (exact) mass is 380 g/mol. The Labute approximate surface area is 78.4 Å². The van der Waals surface area contributed by atoms with Crippen LogP contribution in [0.15, 0.2) is 0 Å². The van der Waals surface area contributed by atoms with Crippen LogP contribution in [0.3, 0.4) is 0 Å². The molecule has 2 nitrogen and oxygen atoms in total. The van der Waals surface area contributed by atoms with Crippen molar-refractivity contribution in [1.29, 1.82) is 0 Å². The summed E-state index contributed by atoms with van der Waals surface area (Å²) >= 11 is -3.00. The summed E-state index contributed by atoms with van der Waals surface area (Å²) in [5.74, 6) is 0. The number of halogens is 4. The molecule has 0 bridgehead atoms. The largest absolute Gasteiger partial charge is 1.00 e. The first kappa shape index (κ1) is 22.4. The van der Waals surface area contributed by atoms with Crippen molar-refractivity contribution in [2.24, 2.45) is 0 Å². The summed E-state index contributed by atoms with van der Waals surface area (Å²) in [6.07, 6.45) is 0. The van der Waals surface area contributed by atoms with Crippen LogP contribution < -0.4 is 18.9 Å². The normalized spacial score (nSPS) is 9.50. The minimum atomic E-state index is -3.00. The van der Waals surface area contributed by atoms with Crippen LogP contribution in [-0.4, -0.2) is 11.0 Å². The zero-order chi connectivity index (χ0) is 4.50. The van der Waals surface area contributed by atoms with Crippen molar-refractivity contribution in [1.82, 2.24) is 0 Å². The van der Waals surface area contributed by atoms with Crippen molar-refractivity contribution in [3.8, 4) is 0 Å². The average molecular weight is 382 g/mol. The molecule has 0 fully saturated rings. The molecule has 4 N–H and O–H groups in total. The number of hydrogen-bond acceptors (Lipinski definition) is 0. The number of rotatable bonds is 0. The van der Waals surface area contributed by atoms with Gasteiger partial charge in [-0.25, -0.2) is 0 Å². The van der Waals surface area contributed by atoms with E-state index in [-0.39, 0.29) is 29.8 Å². The summed E-state index contributed by atoms with van der Waals surface area (Å²) < 4.78 is 0. The molecule has 0 aliphatic rings. The van der Waals surface area contributed by atoms with E-state index in [1.54, 1.807) is 0 Å². The molecular weight excluding hydrogens is 378 g/mol. The fourth-order valence-corrected chi connectivity index (χ4v) is 0. The van der Waals surface area contributed by atoms with E-state index in [1.165, 1.54) is 0 Å². The fourth-order valence-electron chi connectivity index (χ4n) is 0. The molecule has 0 rings (SSSR count). The Balaban J connectivity index is -0.0000000267. The van der Waals surface area contributed by atoms with Crippen LogP contribution in [0.4, 0.5) is 0 Å². The second-order valence-corrected chi connectivity index (χ2v) is 19.0. The third-order valence-electron chi connectivity index (χ3n) is 0. The minimum Gasteiger partial charge on any atom is 1.00 e. The van der Waals surface area contributed by atoms with Crippen LogP contribution in [0.5, 0.6) is 0 Å². The topological polar surface area (TPSA) is 63.0 Å². The van der Waals surface area contributed by atoms with Crippen LogP contribution in [0, 0.1) is 0 Å². The van der Waals surface area contributed by atoms with E-state index >= 15 is 0 Å². The van der Waals surface area contributed by atoms with Gasteiger partial charge in [-0.1, -0.05) is 0 Å². The molecule has 0 saturated heterocycles. The molecule has 0 amide bonds. The van der Waals surface area contributed by atoms with E-state index in [9.17, 15) is 0 Å². The summed E-state index contributed by atoms with van der Waals surface area (Å²) in [5, 5.41) is 0. The summed E-state index contributed by atoms with van der Waals surface area (Å²) in [6.45, 7) is 0. The predicted molar refractivity (Wildman–Crippen MR) is 30.6 cm³/mol. The zero-order valence-corrected chi connectivity index (χ0v) is 9.00. The molecule has 0 aromatic carbocycles. The van der Waals surface area contributed by atoms with Crippen LogP contribution >= 0.6 is 36.8 Å². The maximum atomic E-state index is 5.00. The van der Waals surface area contributed by atoms with Gasteiger partial charge in [0.15, 0.2) is 0 Å². The molecule has 0 heterocycles. The van der Waals surface area contributed by atoms with Gasteiger partial charge in [-0.2, -0.15) is 0 Å².